The van der Waals surface area contributed by atoms with Crippen molar-refractivity contribution in [2.75, 3.05) is 20.1 Å². The third-order valence-corrected chi connectivity index (χ3v) is 4.45. The lowest BCUT2D eigenvalue weighted by atomic mass is 9.99. The van der Waals surface area contributed by atoms with Crippen molar-refractivity contribution in [2.24, 2.45) is 0 Å². The highest BCUT2D eigenvalue weighted by molar-refractivity contribution is 5.41. The molecule has 110 valence electrons. The topological polar surface area (TPSA) is 24.5 Å². The van der Waals surface area contributed by atoms with Crippen molar-refractivity contribution >= 4 is 0 Å². The standard InChI is InChI=1S/C17H26N2O/c1-17(2)10-14-9-13(6-7-16(14)20-17)11-19-8-4-5-15(12-19)18-3/h6-7,9,15,18H,4-5,8,10-12H2,1-3H3. The maximum absolute atomic E-state index is 5.95. The molecule has 2 aliphatic rings. The molecule has 3 heteroatoms. The Labute approximate surface area is 122 Å². The summed E-state index contributed by atoms with van der Waals surface area (Å²) in [7, 11) is 2.07. The molecule has 1 aromatic carbocycles. The number of benzene rings is 1. The molecule has 3 nitrogen and oxygen atoms in total. The average Bonchev–Trinajstić information content (AvgIpc) is 2.72. The predicted octanol–water partition coefficient (Wildman–Crippen LogP) is 2.58. The number of likely N-dealkylation sites (tertiary alicyclic amines) is 1. The first-order valence-corrected chi connectivity index (χ1v) is 7.76. The second-order valence-electron chi connectivity index (χ2n) is 6.84. The summed E-state index contributed by atoms with van der Waals surface area (Å²) in [4.78, 5) is 2.56. The molecule has 0 bridgehead atoms. The molecule has 20 heavy (non-hydrogen) atoms. The normalized spacial score (nSPS) is 25.2. The van der Waals surface area contributed by atoms with Crippen molar-refractivity contribution in [3.05, 3.63) is 29.3 Å². The largest absolute Gasteiger partial charge is 0.487 e. The summed E-state index contributed by atoms with van der Waals surface area (Å²) in [5.74, 6) is 1.07. The third kappa shape index (κ3) is 2.99. The molecule has 3 rings (SSSR count). The van der Waals surface area contributed by atoms with Crippen LogP contribution >= 0.6 is 0 Å². The van der Waals surface area contributed by atoms with Gasteiger partial charge in [0.15, 0.2) is 0 Å². The first-order chi connectivity index (χ1) is 9.55. The summed E-state index contributed by atoms with van der Waals surface area (Å²) >= 11 is 0. The molecule has 0 spiro atoms. The first-order valence-electron chi connectivity index (χ1n) is 7.76. The fraction of sp³-hybridized carbons (Fsp3) is 0.647. The number of piperidine rings is 1. The van der Waals surface area contributed by atoms with Crippen LogP contribution in [0.4, 0.5) is 0 Å². The molecule has 1 N–H and O–H groups in total. The van der Waals surface area contributed by atoms with Gasteiger partial charge in [-0.15, -0.1) is 0 Å². The van der Waals surface area contributed by atoms with Crippen molar-refractivity contribution in [1.29, 1.82) is 0 Å². The van der Waals surface area contributed by atoms with Gasteiger partial charge in [0.2, 0.25) is 0 Å². The van der Waals surface area contributed by atoms with E-state index in [1.54, 1.807) is 0 Å². The number of nitrogens with one attached hydrogen (secondary N) is 1. The number of fused-ring (bicyclic) bond motifs is 1. The van der Waals surface area contributed by atoms with Crippen molar-refractivity contribution in [3.8, 4) is 5.75 Å². The Morgan fingerprint density at radius 2 is 2.25 bits per heavy atom. The maximum atomic E-state index is 5.95. The summed E-state index contributed by atoms with van der Waals surface area (Å²) < 4.78 is 5.95. The van der Waals surface area contributed by atoms with Gasteiger partial charge in [-0.05, 0) is 57.5 Å². The molecule has 0 amide bonds. The Hall–Kier alpha value is -1.06. The SMILES string of the molecule is CNC1CCCN(Cc2ccc3c(c2)CC(C)(C)O3)C1. The lowest BCUT2D eigenvalue weighted by Gasteiger charge is -2.32. The number of rotatable bonds is 3. The zero-order chi connectivity index (χ0) is 14.2. The quantitative estimate of drug-likeness (QED) is 0.917. The Balaban J connectivity index is 1.67. The van der Waals surface area contributed by atoms with Gasteiger partial charge in [-0.2, -0.15) is 0 Å². The van der Waals surface area contributed by atoms with E-state index in [0.717, 1.165) is 25.3 Å². The Kier molecular flexibility index (Phi) is 3.74. The van der Waals surface area contributed by atoms with Crippen molar-refractivity contribution in [1.82, 2.24) is 10.2 Å². The smallest absolute Gasteiger partial charge is 0.123 e. The minimum absolute atomic E-state index is 0.0384. The van der Waals surface area contributed by atoms with Crippen LogP contribution in [0.2, 0.25) is 0 Å². The van der Waals surface area contributed by atoms with E-state index in [-0.39, 0.29) is 5.60 Å². The summed E-state index contributed by atoms with van der Waals surface area (Å²) in [6.45, 7) is 7.77. The Morgan fingerprint density at radius 3 is 3.05 bits per heavy atom. The number of ether oxygens (including phenoxy) is 1. The molecule has 1 unspecified atom stereocenters. The van der Waals surface area contributed by atoms with Crippen LogP contribution in [-0.4, -0.2) is 36.7 Å². The second kappa shape index (κ2) is 5.38. The second-order valence-corrected chi connectivity index (χ2v) is 6.84. The highest BCUT2D eigenvalue weighted by Gasteiger charge is 2.30. The van der Waals surface area contributed by atoms with Gasteiger partial charge in [0.1, 0.15) is 11.4 Å². The van der Waals surface area contributed by atoms with E-state index < -0.39 is 0 Å². The molecule has 2 aliphatic heterocycles. The summed E-state index contributed by atoms with van der Waals surface area (Å²) in [6.07, 6.45) is 3.63. The molecule has 2 heterocycles. The Morgan fingerprint density at radius 1 is 1.40 bits per heavy atom. The fourth-order valence-electron chi connectivity index (χ4n) is 3.45. The predicted molar refractivity (Wildman–Crippen MR) is 82.2 cm³/mol. The number of nitrogens with zero attached hydrogens (tertiary/aromatic N) is 1. The molecule has 1 aromatic rings. The van der Waals surface area contributed by atoms with Gasteiger partial charge in [0.25, 0.3) is 0 Å². The van der Waals surface area contributed by atoms with Crippen LogP contribution in [0, 0.1) is 0 Å². The van der Waals surface area contributed by atoms with Crippen LogP contribution in [0.25, 0.3) is 0 Å². The molecule has 1 saturated heterocycles. The van der Waals surface area contributed by atoms with Crippen LogP contribution in [0.3, 0.4) is 0 Å². The van der Waals surface area contributed by atoms with Crippen molar-refractivity contribution < 1.29 is 4.74 Å². The average molecular weight is 274 g/mol. The van der Waals surface area contributed by atoms with E-state index in [2.05, 4.69) is 49.3 Å². The van der Waals surface area contributed by atoms with Crippen molar-refractivity contribution in [3.63, 3.8) is 0 Å². The van der Waals surface area contributed by atoms with E-state index in [4.69, 9.17) is 4.74 Å². The monoisotopic (exact) mass is 274 g/mol. The van der Waals surface area contributed by atoms with Crippen LogP contribution < -0.4 is 10.1 Å². The molecular formula is C17H26N2O. The van der Waals surface area contributed by atoms with Crippen LogP contribution in [0.15, 0.2) is 18.2 Å². The van der Waals surface area contributed by atoms with Gasteiger partial charge < -0.3 is 10.1 Å². The van der Waals surface area contributed by atoms with Gasteiger partial charge >= 0.3 is 0 Å². The molecule has 1 atom stereocenters. The highest BCUT2D eigenvalue weighted by Crippen LogP contribution is 2.35. The molecule has 0 aromatic heterocycles. The number of hydrogen-bond donors (Lipinski definition) is 1. The molecular weight excluding hydrogens is 248 g/mol. The molecule has 0 aliphatic carbocycles. The first kappa shape index (κ1) is 13.9. The number of likely N-dealkylation sites (N-methyl/N-ethyl adjacent to an activating group) is 1. The summed E-state index contributed by atoms with van der Waals surface area (Å²) in [5, 5.41) is 3.41. The van der Waals surface area contributed by atoms with Gasteiger partial charge in [-0.25, -0.2) is 0 Å². The van der Waals surface area contributed by atoms with E-state index >= 15 is 0 Å². The summed E-state index contributed by atoms with van der Waals surface area (Å²) in [5.41, 5.74) is 2.75. The van der Waals surface area contributed by atoms with Crippen LogP contribution in [0.1, 0.15) is 37.8 Å². The van der Waals surface area contributed by atoms with Gasteiger partial charge in [0.05, 0.1) is 0 Å². The van der Waals surface area contributed by atoms with E-state index in [1.807, 2.05) is 0 Å². The summed E-state index contributed by atoms with van der Waals surface area (Å²) in [6, 6.07) is 7.37. The fourth-order valence-corrected chi connectivity index (χ4v) is 3.45. The molecule has 0 saturated carbocycles. The van der Waals surface area contributed by atoms with Crippen molar-refractivity contribution in [2.45, 2.75) is 51.3 Å². The van der Waals surface area contributed by atoms with Gasteiger partial charge in [-0.3, -0.25) is 4.90 Å². The lowest BCUT2D eigenvalue weighted by Crippen LogP contribution is -2.43. The van der Waals surface area contributed by atoms with Gasteiger partial charge in [-0.1, -0.05) is 12.1 Å². The highest BCUT2D eigenvalue weighted by atomic mass is 16.5. The van der Waals surface area contributed by atoms with E-state index in [0.29, 0.717) is 6.04 Å². The molecule has 0 radical (unpaired) electrons. The molecule has 1 fully saturated rings. The van der Waals surface area contributed by atoms with Crippen LogP contribution in [-0.2, 0) is 13.0 Å². The Bertz CT molecular complexity index is 484. The minimum Gasteiger partial charge on any atom is -0.487 e. The third-order valence-electron chi connectivity index (χ3n) is 4.45. The van der Waals surface area contributed by atoms with Crippen LogP contribution in [0.5, 0.6) is 5.75 Å². The zero-order valence-electron chi connectivity index (χ0n) is 12.9. The van der Waals surface area contributed by atoms with Gasteiger partial charge in [0, 0.05) is 25.6 Å². The van der Waals surface area contributed by atoms with E-state index in [1.165, 1.54) is 30.5 Å². The zero-order valence-corrected chi connectivity index (χ0v) is 12.9. The minimum atomic E-state index is -0.0384. The number of hydrogen-bond acceptors (Lipinski definition) is 3. The maximum Gasteiger partial charge on any atom is 0.123 e. The van der Waals surface area contributed by atoms with E-state index in [9.17, 15) is 0 Å². The lowest BCUT2D eigenvalue weighted by molar-refractivity contribution is 0.138.